The minimum absolute atomic E-state index is 0.499. The molecule has 4 nitrogen and oxygen atoms in total. The Kier molecular flexibility index (Phi) is 7.22. The maximum Gasteiger partial charge on any atom is 0.302 e. The molecule has 0 amide bonds. The summed E-state index contributed by atoms with van der Waals surface area (Å²) in [5, 5.41) is 7.87. The molecular formula is C50H35N3OSi. The van der Waals surface area contributed by atoms with E-state index in [4.69, 9.17) is 9.72 Å². The van der Waals surface area contributed by atoms with Crippen molar-refractivity contribution in [2.75, 3.05) is 0 Å². The van der Waals surface area contributed by atoms with Gasteiger partial charge in [-0.25, -0.2) is 0 Å². The van der Waals surface area contributed by atoms with Crippen molar-refractivity contribution in [2.45, 2.75) is 6.61 Å². The number of hydrogen-bond donors (Lipinski definition) is 0. The molecule has 260 valence electrons. The maximum atomic E-state index is 6.13. The number of fused-ring (bicyclic) bond motifs is 8. The van der Waals surface area contributed by atoms with Crippen molar-refractivity contribution in [1.29, 1.82) is 0 Å². The normalized spacial score (nSPS) is 12.4. The van der Waals surface area contributed by atoms with Gasteiger partial charge >= 0.3 is 6.01 Å². The zero-order valence-electron chi connectivity index (χ0n) is 30.0. The van der Waals surface area contributed by atoms with Crippen molar-refractivity contribution in [1.82, 2.24) is 14.1 Å². The lowest BCUT2D eigenvalue weighted by atomic mass is 10.0. The van der Waals surface area contributed by atoms with E-state index >= 15 is 0 Å². The van der Waals surface area contributed by atoms with E-state index in [2.05, 4.69) is 197 Å². The summed E-state index contributed by atoms with van der Waals surface area (Å²) in [5.74, 6) is 0. The van der Waals surface area contributed by atoms with Crippen LogP contribution in [0.25, 0.3) is 55.3 Å². The molecule has 10 aromatic rings. The number of rotatable bonds is 6. The van der Waals surface area contributed by atoms with Crippen molar-refractivity contribution in [2.24, 2.45) is 0 Å². The Hall–Kier alpha value is -6.95. The zero-order chi connectivity index (χ0) is 36.3. The first-order chi connectivity index (χ1) is 27.3. The van der Waals surface area contributed by atoms with Crippen molar-refractivity contribution in [3.63, 3.8) is 0 Å². The average molecular weight is 722 g/mol. The highest BCUT2D eigenvalue weighted by Crippen LogP contribution is 2.36. The first kappa shape index (κ1) is 31.6. The van der Waals surface area contributed by atoms with E-state index in [1.54, 1.807) is 0 Å². The molecule has 1 aliphatic rings. The lowest BCUT2D eigenvalue weighted by Crippen LogP contribution is -2.74. The average Bonchev–Trinajstić information content (AvgIpc) is 3.81. The van der Waals surface area contributed by atoms with Gasteiger partial charge in [0.1, 0.15) is 6.61 Å². The smallest absolute Gasteiger partial charge is 0.302 e. The van der Waals surface area contributed by atoms with Crippen LogP contribution in [0.3, 0.4) is 0 Å². The Labute approximate surface area is 320 Å². The summed E-state index contributed by atoms with van der Waals surface area (Å²) in [5.41, 5.74) is 10.2. The van der Waals surface area contributed by atoms with Gasteiger partial charge < -0.3 is 9.30 Å². The molecule has 0 saturated carbocycles. The summed E-state index contributed by atoms with van der Waals surface area (Å²) in [6, 6.07) is 74.2. The molecule has 55 heavy (non-hydrogen) atoms. The Morgan fingerprint density at radius 2 is 1.00 bits per heavy atom. The molecule has 0 radical (unpaired) electrons. The molecular weight excluding hydrogens is 687 g/mol. The fourth-order valence-electron chi connectivity index (χ4n) is 8.94. The molecule has 0 spiro atoms. The van der Waals surface area contributed by atoms with Crippen LogP contribution in [0, 0.1) is 0 Å². The van der Waals surface area contributed by atoms with Gasteiger partial charge in [-0.2, -0.15) is 4.98 Å². The fourth-order valence-corrected chi connectivity index (χ4v) is 13.8. The van der Waals surface area contributed by atoms with E-state index in [0.717, 1.165) is 33.5 Å². The van der Waals surface area contributed by atoms with E-state index in [1.807, 2.05) is 12.1 Å². The lowest BCUT2D eigenvalue weighted by molar-refractivity contribution is 0.266. The monoisotopic (exact) mass is 721 g/mol. The molecule has 11 rings (SSSR count). The summed E-state index contributed by atoms with van der Waals surface area (Å²) in [4.78, 5) is 4.81. The minimum atomic E-state index is -2.90. The number of aromatic nitrogens is 3. The van der Waals surface area contributed by atoms with Gasteiger partial charge in [0.25, 0.3) is 0 Å². The van der Waals surface area contributed by atoms with Crippen LogP contribution in [0.1, 0.15) is 5.56 Å². The summed E-state index contributed by atoms with van der Waals surface area (Å²) < 4.78 is 10.7. The Morgan fingerprint density at radius 1 is 0.436 bits per heavy atom. The van der Waals surface area contributed by atoms with Crippen LogP contribution in [0.15, 0.2) is 200 Å². The molecule has 2 aromatic heterocycles. The molecule has 0 aliphatic carbocycles. The van der Waals surface area contributed by atoms with Gasteiger partial charge in [-0.1, -0.05) is 158 Å². The van der Waals surface area contributed by atoms with Crippen molar-refractivity contribution in [3.8, 4) is 28.5 Å². The van der Waals surface area contributed by atoms with Gasteiger partial charge in [0.15, 0.2) is 8.07 Å². The molecule has 0 saturated heterocycles. The Balaban J connectivity index is 1.15. The number of ether oxygens (including phenoxy) is 1. The molecule has 0 unspecified atom stereocenters. The number of para-hydroxylation sites is 4. The van der Waals surface area contributed by atoms with E-state index in [-0.39, 0.29) is 0 Å². The van der Waals surface area contributed by atoms with Crippen LogP contribution in [0.4, 0.5) is 0 Å². The quantitative estimate of drug-likeness (QED) is 0.127. The molecule has 0 fully saturated rings. The third-order valence-electron chi connectivity index (χ3n) is 11.4. The summed E-state index contributed by atoms with van der Waals surface area (Å²) in [7, 11) is -2.90. The highest BCUT2D eigenvalue weighted by atomic mass is 28.3. The number of hydrogen-bond acceptors (Lipinski definition) is 2. The molecule has 0 bridgehead atoms. The van der Waals surface area contributed by atoms with E-state index in [0.29, 0.717) is 12.6 Å². The third kappa shape index (κ3) is 4.87. The largest absolute Gasteiger partial charge is 0.459 e. The SMILES string of the molecule is c1ccc([Si](c2ccccc2)(c2cccc(-c3ccc4c(c3)-n3c(nc5ccccc53)OC4)c2)c2cccc(-n3c4ccccc4c4ccccc43)c2)cc1. The summed E-state index contributed by atoms with van der Waals surface area (Å²) in [6.07, 6.45) is 0. The first-order valence-corrected chi connectivity index (χ1v) is 20.8. The van der Waals surface area contributed by atoms with Gasteiger partial charge in [0.05, 0.1) is 27.8 Å². The minimum Gasteiger partial charge on any atom is -0.459 e. The Morgan fingerprint density at radius 3 is 1.71 bits per heavy atom. The van der Waals surface area contributed by atoms with Crippen LogP contribution in [-0.4, -0.2) is 22.2 Å². The predicted molar refractivity (Wildman–Crippen MR) is 229 cm³/mol. The molecule has 0 N–H and O–H groups in total. The number of nitrogens with zero attached hydrogens (tertiary/aromatic N) is 3. The molecule has 8 aromatic carbocycles. The van der Waals surface area contributed by atoms with Gasteiger partial charge in [0.2, 0.25) is 0 Å². The molecule has 3 heterocycles. The van der Waals surface area contributed by atoms with Gasteiger partial charge in [0, 0.05) is 22.0 Å². The third-order valence-corrected chi connectivity index (χ3v) is 16.1. The second-order valence-electron chi connectivity index (χ2n) is 14.3. The first-order valence-electron chi connectivity index (χ1n) is 18.8. The standard InChI is InChI=1S/C50H35N3OSi/c1-3-17-39(18-4-1)55(40-19-5-2-6-20-40,42-22-14-16-38(33-42)52-46-26-10-7-23-43(46)44-24-8-11-27-47(44)52)41-21-13-15-35(31-41)36-29-30-37-34-54-50-51-45-25-9-12-28-48(45)53(50)49(37)32-36/h1-33H,34H2. The molecule has 0 atom stereocenters. The van der Waals surface area contributed by atoms with Gasteiger partial charge in [-0.3, -0.25) is 4.57 Å². The summed E-state index contributed by atoms with van der Waals surface area (Å²) >= 11 is 0. The van der Waals surface area contributed by atoms with Gasteiger partial charge in [-0.05, 0) is 74.3 Å². The fraction of sp³-hybridized carbons (Fsp3) is 0.0200. The highest BCUT2D eigenvalue weighted by molar-refractivity contribution is 7.20. The zero-order valence-corrected chi connectivity index (χ0v) is 31.0. The summed E-state index contributed by atoms with van der Waals surface area (Å²) in [6.45, 7) is 0.499. The predicted octanol–water partition coefficient (Wildman–Crippen LogP) is 9.06. The van der Waals surface area contributed by atoms with Crippen LogP contribution >= 0.6 is 0 Å². The highest BCUT2D eigenvalue weighted by Gasteiger charge is 2.42. The maximum absolute atomic E-state index is 6.13. The van der Waals surface area contributed by atoms with E-state index in [9.17, 15) is 0 Å². The van der Waals surface area contributed by atoms with E-state index in [1.165, 1.54) is 48.1 Å². The van der Waals surface area contributed by atoms with Gasteiger partial charge in [-0.15, -0.1) is 0 Å². The van der Waals surface area contributed by atoms with Crippen LogP contribution < -0.4 is 25.5 Å². The lowest BCUT2D eigenvalue weighted by Gasteiger charge is -2.35. The van der Waals surface area contributed by atoms with Crippen LogP contribution in [-0.2, 0) is 6.61 Å². The van der Waals surface area contributed by atoms with E-state index < -0.39 is 8.07 Å². The topological polar surface area (TPSA) is 32.0 Å². The second-order valence-corrected chi connectivity index (χ2v) is 18.1. The van der Waals surface area contributed by atoms with Crippen molar-refractivity contribution in [3.05, 3.63) is 206 Å². The number of imidazole rings is 1. The Bertz CT molecular complexity index is 2960. The molecule has 5 heteroatoms. The molecule has 1 aliphatic heterocycles. The van der Waals surface area contributed by atoms with Crippen LogP contribution in [0.5, 0.6) is 6.01 Å². The number of benzene rings is 8. The van der Waals surface area contributed by atoms with Crippen molar-refractivity contribution < 1.29 is 4.74 Å². The second kappa shape index (κ2) is 12.6. The van der Waals surface area contributed by atoms with Crippen LogP contribution in [0.2, 0.25) is 0 Å². The van der Waals surface area contributed by atoms with Crippen molar-refractivity contribution >= 4 is 61.7 Å².